The van der Waals surface area contributed by atoms with Gasteiger partial charge in [0.05, 0.1) is 13.2 Å². The topological polar surface area (TPSA) is 60.2 Å². The molecule has 3 rings (SSSR count). The Hall–Kier alpha value is -2.80. The maximum absolute atomic E-state index is 13.6. The number of nitrogens with zero attached hydrogens (tertiary/aromatic N) is 2. The Labute approximate surface area is 143 Å². The van der Waals surface area contributed by atoms with Crippen molar-refractivity contribution in [3.63, 3.8) is 0 Å². The summed E-state index contributed by atoms with van der Waals surface area (Å²) in [5, 5.41) is 7.00. The molecule has 2 aromatic carbocycles. The molecular formula is C18H17F2N3O2. The summed E-state index contributed by atoms with van der Waals surface area (Å²) in [7, 11) is 1.58. The number of ether oxygens (including phenoxy) is 1. The molecule has 0 spiro atoms. The first-order chi connectivity index (χ1) is 12.1. The van der Waals surface area contributed by atoms with Crippen LogP contribution in [0.25, 0.3) is 11.4 Å². The molecule has 1 atom stereocenters. The summed E-state index contributed by atoms with van der Waals surface area (Å²) in [5.41, 5.74) is 0.997. The monoisotopic (exact) mass is 345 g/mol. The molecule has 1 heterocycles. The number of aromatic nitrogens is 2. The third kappa shape index (κ3) is 4.00. The van der Waals surface area contributed by atoms with E-state index in [1.165, 1.54) is 0 Å². The molecular weight excluding hydrogens is 328 g/mol. The fourth-order valence-electron chi connectivity index (χ4n) is 2.32. The molecule has 0 fully saturated rings. The molecule has 0 unspecified atom stereocenters. The first-order valence-electron chi connectivity index (χ1n) is 7.72. The lowest BCUT2D eigenvalue weighted by Crippen LogP contribution is -2.19. The second-order valence-electron chi connectivity index (χ2n) is 5.53. The first kappa shape index (κ1) is 17.0. The number of halogens is 2. The van der Waals surface area contributed by atoms with Crippen LogP contribution < -0.4 is 10.1 Å². The van der Waals surface area contributed by atoms with Gasteiger partial charge in [-0.25, -0.2) is 8.78 Å². The van der Waals surface area contributed by atoms with Crippen molar-refractivity contribution in [1.82, 2.24) is 15.5 Å². The fourth-order valence-corrected chi connectivity index (χ4v) is 2.32. The molecule has 0 radical (unpaired) electrons. The molecule has 1 aromatic heterocycles. The van der Waals surface area contributed by atoms with Crippen molar-refractivity contribution >= 4 is 0 Å². The number of methoxy groups -OCH3 is 1. The zero-order chi connectivity index (χ0) is 17.8. The maximum Gasteiger partial charge on any atom is 0.243 e. The van der Waals surface area contributed by atoms with Crippen molar-refractivity contribution in [1.29, 1.82) is 0 Å². The Morgan fingerprint density at radius 3 is 2.84 bits per heavy atom. The van der Waals surface area contributed by atoms with Crippen molar-refractivity contribution in [2.75, 3.05) is 7.11 Å². The van der Waals surface area contributed by atoms with Crippen molar-refractivity contribution in [2.24, 2.45) is 0 Å². The molecule has 0 aliphatic rings. The van der Waals surface area contributed by atoms with E-state index in [0.717, 1.165) is 23.8 Å². The van der Waals surface area contributed by atoms with Crippen molar-refractivity contribution < 1.29 is 18.0 Å². The third-order valence-electron chi connectivity index (χ3n) is 3.75. The minimum Gasteiger partial charge on any atom is -0.497 e. The van der Waals surface area contributed by atoms with Gasteiger partial charge in [0.1, 0.15) is 17.4 Å². The summed E-state index contributed by atoms with van der Waals surface area (Å²) in [6.45, 7) is 1.95. The summed E-state index contributed by atoms with van der Waals surface area (Å²) < 4.78 is 37.3. The highest BCUT2D eigenvalue weighted by atomic mass is 19.1. The molecule has 0 bridgehead atoms. The Balaban J connectivity index is 1.70. The zero-order valence-corrected chi connectivity index (χ0v) is 13.8. The van der Waals surface area contributed by atoms with E-state index in [-0.39, 0.29) is 18.2 Å². The van der Waals surface area contributed by atoms with Crippen molar-refractivity contribution in [3.05, 3.63) is 65.6 Å². The smallest absolute Gasteiger partial charge is 0.243 e. The minimum atomic E-state index is -0.482. The van der Waals surface area contributed by atoms with Gasteiger partial charge in [0.2, 0.25) is 11.7 Å². The van der Waals surface area contributed by atoms with Crippen LogP contribution in [0.2, 0.25) is 0 Å². The van der Waals surface area contributed by atoms with Crippen LogP contribution in [0.3, 0.4) is 0 Å². The van der Waals surface area contributed by atoms with Crippen molar-refractivity contribution in [3.8, 4) is 17.1 Å². The normalized spacial score (nSPS) is 12.2. The van der Waals surface area contributed by atoms with E-state index in [2.05, 4.69) is 15.5 Å². The van der Waals surface area contributed by atoms with E-state index in [1.54, 1.807) is 20.1 Å². The largest absolute Gasteiger partial charge is 0.497 e. The molecule has 1 N–H and O–H groups in total. The summed E-state index contributed by atoms with van der Waals surface area (Å²) in [6, 6.07) is 10.3. The van der Waals surface area contributed by atoms with Crippen LogP contribution in [0, 0.1) is 11.6 Å². The van der Waals surface area contributed by atoms with E-state index < -0.39 is 11.6 Å². The summed E-state index contributed by atoms with van der Waals surface area (Å²) in [4.78, 5) is 4.34. The molecule has 7 heteroatoms. The standard InChI is InChI=1S/C18H17F2N3O2/c1-11(21-10-13-8-14(19)6-7-16(13)20)18-22-17(23-25-18)12-4-3-5-15(9-12)24-2/h3-9,11,21H,10H2,1-2H3/t11-/m1/s1. The Bertz CT molecular complexity index is 867. The molecule has 130 valence electrons. The Morgan fingerprint density at radius 1 is 1.20 bits per heavy atom. The summed E-state index contributed by atoms with van der Waals surface area (Å²) >= 11 is 0. The highest BCUT2D eigenvalue weighted by Gasteiger charge is 2.16. The Morgan fingerprint density at radius 2 is 2.04 bits per heavy atom. The van der Waals surface area contributed by atoms with Crippen LogP contribution in [0.15, 0.2) is 47.0 Å². The van der Waals surface area contributed by atoms with Gasteiger partial charge in [0.15, 0.2) is 0 Å². The van der Waals surface area contributed by atoms with Gasteiger partial charge in [-0.1, -0.05) is 17.3 Å². The van der Waals surface area contributed by atoms with Gasteiger partial charge in [0, 0.05) is 17.7 Å². The number of rotatable bonds is 6. The van der Waals surface area contributed by atoms with Gasteiger partial charge < -0.3 is 14.6 Å². The third-order valence-corrected chi connectivity index (χ3v) is 3.75. The van der Waals surface area contributed by atoms with E-state index in [4.69, 9.17) is 9.26 Å². The number of benzene rings is 2. The molecule has 0 amide bonds. The molecule has 3 aromatic rings. The van der Waals surface area contributed by atoms with E-state index in [0.29, 0.717) is 17.5 Å². The van der Waals surface area contributed by atoms with Crippen LogP contribution in [0.1, 0.15) is 24.4 Å². The second-order valence-corrected chi connectivity index (χ2v) is 5.53. The number of nitrogens with one attached hydrogen (secondary N) is 1. The van der Waals surface area contributed by atoms with Crippen LogP contribution in [0.4, 0.5) is 8.78 Å². The predicted molar refractivity (Wildman–Crippen MR) is 87.9 cm³/mol. The number of hydrogen-bond acceptors (Lipinski definition) is 5. The summed E-state index contributed by atoms with van der Waals surface area (Å²) in [5.74, 6) is 0.526. The average molecular weight is 345 g/mol. The molecule has 5 nitrogen and oxygen atoms in total. The first-order valence-corrected chi connectivity index (χ1v) is 7.72. The lowest BCUT2D eigenvalue weighted by molar-refractivity contribution is 0.338. The molecule has 0 aliphatic carbocycles. The SMILES string of the molecule is COc1cccc(-c2noc([C@@H](C)NCc3cc(F)ccc3F)n2)c1. The fraction of sp³-hybridized carbons (Fsp3) is 0.222. The molecule has 0 saturated heterocycles. The van der Waals surface area contributed by atoms with Crippen LogP contribution in [-0.2, 0) is 6.54 Å². The quantitative estimate of drug-likeness (QED) is 0.735. The number of hydrogen-bond donors (Lipinski definition) is 1. The minimum absolute atomic E-state index is 0.141. The van der Waals surface area contributed by atoms with Crippen LogP contribution in [0.5, 0.6) is 5.75 Å². The van der Waals surface area contributed by atoms with Gasteiger partial charge in [-0.05, 0) is 37.3 Å². The van der Waals surface area contributed by atoms with Crippen molar-refractivity contribution in [2.45, 2.75) is 19.5 Å². The highest BCUT2D eigenvalue weighted by molar-refractivity contribution is 5.56. The summed E-state index contributed by atoms with van der Waals surface area (Å²) in [6.07, 6.45) is 0. The molecule has 0 aliphatic heterocycles. The van der Waals surface area contributed by atoms with Gasteiger partial charge >= 0.3 is 0 Å². The lowest BCUT2D eigenvalue weighted by atomic mass is 10.2. The van der Waals surface area contributed by atoms with Gasteiger partial charge in [-0.3, -0.25) is 0 Å². The second kappa shape index (κ2) is 7.40. The van der Waals surface area contributed by atoms with Crippen LogP contribution in [-0.4, -0.2) is 17.3 Å². The van der Waals surface area contributed by atoms with Crippen LogP contribution >= 0.6 is 0 Å². The van der Waals surface area contributed by atoms with Gasteiger partial charge in [-0.2, -0.15) is 4.98 Å². The highest BCUT2D eigenvalue weighted by Crippen LogP contribution is 2.23. The lowest BCUT2D eigenvalue weighted by Gasteiger charge is -2.10. The maximum atomic E-state index is 13.6. The van der Waals surface area contributed by atoms with Gasteiger partial charge in [-0.15, -0.1) is 0 Å². The average Bonchev–Trinajstić information content (AvgIpc) is 3.12. The predicted octanol–water partition coefficient (Wildman–Crippen LogP) is 3.87. The zero-order valence-electron chi connectivity index (χ0n) is 13.8. The van der Waals surface area contributed by atoms with E-state index in [1.807, 2.05) is 18.2 Å². The Kier molecular flexibility index (Phi) is 5.04. The molecule has 0 saturated carbocycles. The van der Waals surface area contributed by atoms with Gasteiger partial charge in [0.25, 0.3) is 0 Å². The van der Waals surface area contributed by atoms with E-state index in [9.17, 15) is 8.78 Å². The molecule has 25 heavy (non-hydrogen) atoms. The van der Waals surface area contributed by atoms with E-state index >= 15 is 0 Å².